The summed E-state index contributed by atoms with van der Waals surface area (Å²) in [6, 6.07) is 10.1. The Morgan fingerprint density at radius 2 is 2.21 bits per heavy atom. The summed E-state index contributed by atoms with van der Waals surface area (Å²) in [6.45, 7) is 0.244. The molecule has 1 aromatic carbocycles. The Balaban J connectivity index is 2.17. The molecule has 19 heavy (non-hydrogen) atoms. The first-order chi connectivity index (χ1) is 9.13. The second-order valence-corrected chi connectivity index (χ2v) is 4.58. The molecule has 0 saturated heterocycles. The highest BCUT2D eigenvalue weighted by molar-refractivity contribution is 9.10. The molecular weight excluding hydrogens is 310 g/mol. The molecule has 0 saturated carbocycles. The lowest BCUT2D eigenvalue weighted by Crippen LogP contribution is -2.11. The average molecular weight is 320 g/mol. The van der Waals surface area contributed by atoms with Gasteiger partial charge in [-0.25, -0.2) is 0 Å². The van der Waals surface area contributed by atoms with Gasteiger partial charge in [0, 0.05) is 4.47 Å². The van der Waals surface area contributed by atoms with Crippen molar-refractivity contribution in [2.75, 3.05) is 5.32 Å². The maximum Gasteiger partial charge on any atom is 0.291 e. The van der Waals surface area contributed by atoms with Gasteiger partial charge in [0.2, 0.25) is 0 Å². The second kappa shape index (κ2) is 5.69. The molecule has 1 aromatic heterocycles. The summed E-state index contributed by atoms with van der Waals surface area (Å²) < 4.78 is 5.88. The number of halogens is 1. The third kappa shape index (κ3) is 3.02. The fraction of sp³-hybridized carbons (Fsp3) is 0.0769. The number of nitriles is 1. The summed E-state index contributed by atoms with van der Waals surface area (Å²) in [5.41, 5.74) is 6.48. The Morgan fingerprint density at radius 3 is 2.79 bits per heavy atom. The first-order valence-corrected chi connectivity index (χ1v) is 6.23. The van der Waals surface area contributed by atoms with Gasteiger partial charge in [-0.05, 0) is 46.3 Å². The minimum absolute atomic E-state index is 0.191. The number of nitrogens with two attached hydrogens (primary N) is 1. The van der Waals surface area contributed by atoms with Crippen LogP contribution in [0.2, 0.25) is 0 Å². The van der Waals surface area contributed by atoms with Gasteiger partial charge in [-0.1, -0.05) is 0 Å². The lowest BCUT2D eigenvalue weighted by atomic mass is 10.2. The van der Waals surface area contributed by atoms with Crippen molar-refractivity contribution in [1.82, 2.24) is 0 Å². The Labute approximate surface area is 118 Å². The van der Waals surface area contributed by atoms with E-state index in [0.29, 0.717) is 21.5 Å². The average Bonchev–Trinajstić information content (AvgIpc) is 2.90. The molecule has 1 heterocycles. The largest absolute Gasteiger partial charge is 0.455 e. The lowest BCUT2D eigenvalue weighted by Gasteiger charge is -2.05. The number of anilines is 1. The van der Waals surface area contributed by atoms with Gasteiger partial charge in [0.25, 0.3) is 5.91 Å². The number of carbonyl (C=O) groups is 1. The zero-order chi connectivity index (χ0) is 13.8. The monoisotopic (exact) mass is 319 g/mol. The second-order valence-electron chi connectivity index (χ2n) is 3.73. The van der Waals surface area contributed by atoms with E-state index in [0.717, 1.165) is 0 Å². The van der Waals surface area contributed by atoms with Gasteiger partial charge in [-0.3, -0.25) is 4.79 Å². The molecular formula is C13H10BrN3O2. The SMILES string of the molecule is N#Cc1ccc(NC(=O)c2ccc(CN)o2)c(Br)c1. The third-order valence-corrected chi connectivity index (χ3v) is 3.09. The molecule has 2 aromatic rings. The molecule has 1 amide bonds. The van der Waals surface area contributed by atoms with E-state index in [2.05, 4.69) is 21.2 Å². The molecule has 5 nitrogen and oxygen atoms in total. The summed E-state index contributed by atoms with van der Waals surface area (Å²) in [5, 5.41) is 11.4. The van der Waals surface area contributed by atoms with Crippen molar-refractivity contribution in [3.63, 3.8) is 0 Å². The molecule has 0 unspecified atom stereocenters. The molecule has 0 aliphatic heterocycles. The normalized spacial score (nSPS) is 9.95. The smallest absolute Gasteiger partial charge is 0.291 e. The number of amides is 1. The van der Waals surface area contributed by atoms with Gasteiger partial charge in [0.15, 0.2) is 5.76 Å². The Kier molecular flexibility index (Phi) is 4.00. The highest BCUT2D eigenvalue weighted by atomic mass is 79.9. The molecule has 0 bridgehead atoms. The number of hydrogen-bond acceptors (Lipinski definition) is 4. The van der Waals surface area contributed by atoms with Gasteiger partial charge in [-0.15, -0.1) is 0 Å². The van der Waals surface area contributed by atoms with Gasteiger partial charge in [0.05, 0.1) is 23.9 Å². The zero-order valence-corrected chi connectivity index (χ0v) is 11.4. The molecule has 0 atom stereocenters. The molecule has 0 radical (unpaired) electrons. The molecule has 0 aliphatic rings. The van der Waals surface area contributed by atoms with E-state index in [1.807, 2.05) is 6.07 Å². The summed E-state index contributed by atoms with van der Waals surface area (Å²) in [7, 11) is 0. The van der Waals surface area contributed by atoms with Crippen LogP contribution in [0.3, 0.4) is 0 Å². The third-order valence-electron chi connectivity index (χ3n) is 2.43. The van der Waals surface area contributed by atoms with Crippen molar-refractivity contribution >= 4 is 27.5 Å². The topological polar surface area (TPSA) is 92.0 Å². The van der Waals surface area contributed by atoms with Crippen molar-refractivity contribution in [1.29, 1.82) is 5.26 Å². The van der Waals surface area contributed by atoms with Crippen LogP contribution in [0, 0.1) is 11.3 Å². The minimum Gasteiger partial charge on any atom is -0.455 e. The van der Waals surface area contributed by atoms with Crippen molar-refractivity contribution in [3.05, 3.63) is 51.9 Å². The van der Waals surface area contributed by atoms with Crippen LogP contribution in [0.4, 0.5) is 5.69 Å². The van der Waals surface area contributed by atoms with E-state index in [1.165, 1.54) is 0 Å². The Bertz CT molecular complexity index is 658. The molecule has 0 aliphatic carbocycles. The maximum atomic E-state index is 11.9. The van der Waals surface area contributed by atoms with Crippen LogP contribution in [-0.4, -0.2) is 5.91 Å². The minimum atomic E-state index is -0.370. The van der Waals surface area contributed by atoms with Crippen LogP contribution in [0.15, 0.2) is 39.2 Å². The van der Waals surface area contributed by atoms with E-state index in [4.69, 9.17) is 15.4 Å². The van der Waals surface area contributed by atoms with Gasteiger partial charge in [-0.2, -0.15) is 5.26 Å². The molecule has 96 valence electrons. The van der Waals surface area contributed by atoms with E-state index >= 15 is 0 Å². The van der Waals surface area contributed by atoms with E-state index in [1.54, 1.807) is 30.3 Å². The zero-order valence-electron chi connectivity index (χ0n) is 9.81. The standard InChI is InChI=1S/C13H10BrN3O2/c14-10-5-8(6-15)1-3-11(10)17-13(18)12-4-2-9(7-16)19-12/h1-5H,7,16H2,(H,17,18). The van der Waals surface area contributed by atoms with Crippen LogP contribution < -0.4 is 11.1 Å². The highest BCUT2D eigenvalue weighted by Crippen LogP contribution is 2.24. The van der Waals surface area contributed by atoms with E-state index in [-0.39, 0.29) is 18.2 Å². The number of furan rings is 1. The van der Waals surface area contributed by atoms with E-state index in [9.17, 15) is 4.79 Å². The molecule has 0 spiro atoms. The Hall–Kier alpha value is -2.10. The van der Waals surface area contributed by atoms with Crippen molar-refractivity contribution in [3.8, 4) is 6.07 Å². The van der Waals surface area contributed by atoms with Crippen LogP contribution in [-0.2, 0) is 6.54 Å². The predicted molar refractivity (Wildman–Crippen MR) is 73.4 cm³/mol. The molecule has 3 N–H and O–H groups in total. The van der Waals surface area contributed by atoms with Crippen LogP contribution >= 0.6 is 15.9 Å². The Morgan fingerprint density at radius 1 is 1.42 bits per heavy atom. The van der Waals surface area contributed by atoms with Crippen LogP contribution in [0.25, 0.3) is 0 Å². The summed E-state index contributed by atoms with van der Waals surface area (Å²) >= 11 is 3.29. The van der Waals surface area contributed by atoms with Crippen molar-refractivity contribution in [2.45, 2.75) is 6.54 Å². The number of nitrogens with one attached hydrogen (secondary N) is 1. The number of rotatable bonds is 3. The van der Waals surface area contributed by atoms with Crippen molar-refractivity contribution < 1.29 is 9.21 Å². The summed E-state index contributed by atoms with van der Waals surface area (Å²) in [4.78, 5) is 11.9. The van der Waals surface area contributed by atoms with Crippen LogP contribution in [0.1, 0.15) is 21.9 Å². The number of carbonyl (C=O) groups excluding carboxylic acids is 1. The number of nitrogens with zero attached hydrogens (tertiary/aromatic N) is 1. The fourth-order valence-corrected chi connectivity index (χ4v) is 1.96. The van der Waals surface area contributed by atoms with Gasteiger partial charge >= 0.3 is 0 Å². The quantitative estimate of drug-likeness (QED) is 0.909. The number of benzene rings is 1. The summed E-state index contributed by atoms with van der Waals surface area (Å²) in [5.74, 6) is 0.367. The highest BCUT2D eigenvalue weighted by Gasteiger charge is 2.12. The maximum absolute atomic E-state index is 11.9. The summed E-state index contributed by atoms with van der Waals surface area (Å²) in [6.07, 6.45) is 0. The molecule has 2 rings (SSSR count). The predicted octanol–water partition coefficient (Wildman–Crippen LogP) is 2.62. The van der Waals surface area contributed by atoms with Gasteiger partial charge in [0.1, 0.15) is 5.76 Å². The first kappa shape index (κ1) is 13.3. The van der Waals surface area contributed by atoms with Crippen LogP contribution in [0.5, 0.6) is 0 Å². The number of hydrogen-bond donors (Lipinski definition) is 2. The van der Waals surface area contributed by atoms with E-state index < -0.39 is 0 Å². The van der Waals surface area contributed by atoms with Gasteiger partial charge < -0.3 is 15.5 Å². The molecule has 6 heteroatoms. The van der Waals surface area contributed by atoms with Crippen molar-refractivity contribution in [2.24, 2.45) is 5.73 Å². The first-order valence-electron chi connectivity index (χ1n) is 5.44. The lowest BCUT2D eigenvalue weighted by molar-refractivity contribution is 0.0995. The molecule has 0 fully saturated rings. The fourth-order valence-electron chi connectivity index (χ4n) is 1.48.